The van der Waals surface area contributed by atoms with E-state index in [1.54, 1.807) is 0 Å². The molecule has 4 aromatic carbocycles. The van der Waals surface area contributed by atoms with Crippen molar-refractivity contribution in [3.63, 3.8) is 0 Å². The van der Waals surface area contributed by atoms with Crippen LogP contribution < -0.4 is 0 Å². The Morgan fingerprint density at radius 3 is 1.74 bits per heavy atom. The first-order valence-corrected chi connectivity index (χ1v) is 10.6. The lowest BCUT2D eigenvalue weighted by molar-refractivity contribution is 0.759. The van der Waals surface area contributed by atoms with Crippen LogP contribution >= 0.6 is 0 Å². The van der Waals surface area contributed by atoms with E-state index in [0.717, 1.165) is 17.5 Å². The Hall–Kier alpha value is -3.89. The molecule has 0 aliphatic heterocycles. The Kier molecular flexibility index (Phi) is 6.41. The van der Waals surface area contributed by atoms with Crippen molar-refractivity contribution >= 4 is 12.2 Å². The maximum atomic E-state index is 8.93. The molecule has 0 heterocycles. The summed E-state index contributed by atoms with van der Waals surface area (Å²) in [7, 11) is 0. The number of nitriles is 1. The summed E-state index contributed by atoms with van der Waals surface area (Å²) in [6.07, 6.45) is 5.34. The Labute approximate surface area is 184 Å². The predicted molar refractivity (Wildman–Crippen MR) is 131 cm³/mol. The molecule has 0 aliphatic rings. The van der Waals surface area contributed by atoms with Crippen LogP contribution in [0.1, 0.15) is 40.7 Å². The average molecular weight is 400 g/mol. The van der Waals surface area contributed by atoms with Gasteiger partial charge in [0.2, 0.25) is 0 Å². The van der Waals surface area contributed by atoms with Gasteiger partial charge in [0.25, 0.3) is 0 Å². The minimum absolute atomic E-state index is 0.511. The van der Waals surface area contributed by atoms with Crippen LogP contribution in [0.3, 0.4) is 0 Å². The zero-order valence-electron chi connectivity index (χ0n) is 17.7. The molecule has 0 saturated heterocycles. The summed E-state index contributed by atoms with van der Waals surface area (Å²) in [5, 5.41) is 8.93. The van der Waals surface area contributed by atoms with Gasteiger partial charge in [-0.1, -0.05) is 110 Å². The van der Waals surface area contributed by atoms with Crippen LogP contribution in [0.4, 0.5) is 0 Å². The van der Waals surface area contributed by atoms with Crippen molar-refractivity contribution in [2.75, 3.05) is 0 Å². The second kappa shape index (κ2) is 9.74. The minimum atomic E-state index is 0.511. The van der Waals surface area contributed by atoms with E-state index in [0.29, 0.717) is 11.5 Å². The van der Waals surface area contributed by atoms with Gasteiger partial charge in [0, 0.05) is 0 Å². The van der Waals surface area contributed by atoms with Crippen LogP contribution in [0.2, 0.25) is 0 Å². The monoisotopic (exact) mass is 399 g/mol. The predicted octanol–water partition coefficient (Wildman–Crippen LogP) is 7.74. The minimum Gasteiger partial charge on any atom is -0.192 e. The topological polar surface area (TPSA) is 23.8 Å². The fourth-order valence-corrected chi connectivity index (χ4v) is 3.73. The lowest BCUT2D eigenvalue weighted by atomic mass is 9.93. The molecule has 0 amide bonds. The third-order valence-electron chi connectivity index (χ3n) is 5.62. The Morgan fingerprint density at radius 1 is 0.677 bits per heavy atom. The van der Waals surface area contributed by atoms with Crippen LogP contribution in [0.15, 0.2) is 103 Å². The van der Waals surface area contributed by atoms with Crippen LogP contribution in [0, 0.1) is 11.3 Å². The molecular weight excluding hydrogens is 374 g/mol. The van der Waals surface area contributed by atoms with E-state index < -0.39 is 0 Å². The summed E-state index contributed by atoms with van der Waals surface area (Å²) in [4.78, 5) is 0. The fraction of sp³-hybridized carbons (Fsp3) is 0.100. The average Bonchev–Trinajstić information content (AvgIpc) is 2.84. The van der Waals surface area contributed by atoms with Gasteiger partial charge >= 0.3 is 0 Å². The molecule has 150 valence electrons. The summed E-state index contributed by atoms with van der Waals surface area (Å²) in [5.41, 5.74) is 8.07. The molecule has 1 nitrogen and oxygen atoms in total. The van der Waals surface area contributed by atoms with E-state index in [1.807, 2.05) is 24.3 Å². The first-order valence-electron chi connectivity index (χ1n) is 10.6. The normalized spacial score (nSPS) is 11.9. The van der Waals surface area contributed by atoms with Gasteiger partial charge in [-0.05, 0) is 57.9 Å². The molecule has 1 heteroatoms. The first kappa shape index (κ1) is 20.4. The summed E-state index contributed by atoms with van der Waals surface area (Å²) in [5.74, 6) is 0.511. The fourth-order valence-electron chi connectivity index (χ4n) is 3.73. The van der Waals surface area contributed by atoms with Crippen LogP contribution in [0.25, 0.3) is 23.3 Å². The Bertz CT molecular complexity index is 1180. The van der Waals surface area contributed by atoms with Crippen molar-refractivity contribution in [3.05, 3.63) is 131 Å². The van der Waals surface area contributed by atoms with E-state index in [1.165, 1.54) is 22.3 Å². The third kappa shape index (κ3) is 5.38. The molecule has 31 heavy (non-hydrogen) atoms. The zero-order valence-corrected chi connectivity index (χ0v) is 17.7. The highest BCUT2D eigenvalue weighted by molar-refractivity contribution is 5.72. The summed E-state index contributed by atoms with van der Waals surface area (Å²) in [6.45, 7) is 2.28. The quantitative estimate of drug-likeness (QED) is 0.304. The van der Waals surface area contributed by atoms with Gasteiger partial charge in [-0.25, -0.2) is 0 Å². The second-order valence-electron chi connectivity index (χ2n) is 7.90. The number of hydrogen-bond acceptors (Lipinski definition) is 1. The third-order valence-corrected chi connectivity index (χ3v) is 5.62. The zero-order chi connectivity index (χ0) is 21.5. The maximum absolute atomic E-state index is 8.93. The standard InChI is InChI=1S/C30H25N/c1-23(28-5-3-2-4-6-28)21-26-11-9-24(10-12-26)7-8-25-13-17-29(18-14-25)30-19-15-27(22-31)16-20-30/h2-20,23H,21H2,1H3/b8-7+. The molecule has 4 aromatic rings. The lowest BCUT2D eigenvalue weighted by Gasteiger charge is -2.12. The van der Waals surface area contributed by atoms with E-state index in [9.17, 15) is 0 Å². The largest absolute Gasteiger partial charge is 0.192 e. The van der Waals surface area contributed by atoms with Gasteiger partial charge in [0.05, 0.1) is 11.6 Å². The molecule has 0 N–H and O–H groups in total. The molecule has 0 aromatic heterocycles. The van der Waals surface area contributed by atoms with Crippen LogP contribution in [0.5, 0.6) is 0 Å². The SMILES string of the molecule is CC(Cc1ccc(/C=C/c2ccc(-c3ccc(C#N)cc3)cc2)cc1)c1ccccc1. The van der Waals surface area contributed by atoms with E-state index >= 15 is 0 Å². The number of hydrogen-bond donors (Lipinski definition) is 0. The highest BCUT2D eigenvalue weighted by atomic mass is 14.2. The number of benzene rings is 4. The lowest BCUT2D eigenvalue weighted by Crippen LogP contribution is -1.98. The second-order valence-corrected chi connectivity index (χ2v) is 7.90. The summed E-state index contributed by atoms with van der Waals surface area (Å²) >= 11 is 0. The summed E-state index contributed by atoms with van der Waals surface area (Å²) < 4.78 is 0. The van der Waals surface area contributed by atoms with Crippen molar-refractivity contribution in [2.45, 2.75) is 19.3 Å². The Balaban J connectivity index is 1.38. The van der Waals surface area contributed by atoms with Gasteiger partial charge in [0.15, 0.2) is 0 Å². The number of nitrogens with zero attached hydrogens (tertiary/aromatic N) is 1. The van der Waals surface area contributed by atoms with Gasteiger partial charge < -0.3 is 0 Å². The highest BCUT2D eigenvalue weighted by Gasteiger charge is 2.06. The molecule has 0 spiro atoms. The van der Waals surface area contributed by atoms with Crippen LogP contribution in [-0.4, -0.2) is 0 Å². The molecule has 0 bridgehead atoms. The van der Waals surface area contributed by atoms with Gasteiger partial charge in [-0.15, -0.1) is 0 Å². The van der Waals surface area contributed by atoms with Crippen molar-refractivity contribution in [2.24, 2.45) is 0 Å². The van der Waals surface area contributed by atoms with Crippen molar-refractivity contribution in [1.82, 2.24) is 0 Å². The summed E-state index contributed by atoms with van der Waals surface area (Å²) in [6, 6.07) is 37.9. The highest BCUT2D eigenvalue weighted by Crippen LogP contribution is 2.22. The van der Waals surface area contributed by atoms with Crippen molar-refractivity contribution in [3.8, 4) is 17.2 Å². The molecule has 0 saturated carbocycles. The first-order chi connectivity index (χ1) is 15.2. The van der Waals surface area contributed by atoms with Gasteiger partial charge in [0.1, 0.15) is 0 Å². The molecule has 4 rings (SSSR count). The van der Waals surface area contributed by atoms with Crippen LogP contribution in [-0.2, 0) is 6.42 Å². The molecular formula is C30H25N. The van der Waals surface area contributed by atoms with Crippen molar-refractivity contribution < 1.29 is 0 Å². The van der Waals surface area contributed by atoms with E-state index in [2.05, 4.69) is 104 Å². The maximum Gasteiger partial charge on any atom is 0.0991 e. The Morgan fingerprint density at radius 2 is 1.19 bits per heavy atom. The molecule has 0 fully saturated rings. The van der Waals surface area contributed by atoms with Gasteiger partial charge in [-0.2, -0.15) is 5.26 Å². The van der Waals surface area contributed by atoms with E-state index in [-0.39, 0.29) is 0 Å². The van der Waals surface area contributed by atoms with Crippen molar-refractivity contribution in [1.29, 1.82) is 5.26 Å². The molecule has 0 aliphatic carbocycles. The molecule has 1 unspecified atom stereocenters. The molecule has 1 atom stereocenters. The number of rotatable bonds is 6. The van der Waals surface area contributed by atoms with E-state index in [4.69, 9.17) is 5.26 Å². The smallest absolute Gasteiger partial charge is 0.0991 e. The van der Waals surface area contributed by atoms with Gasteiger partial charge in [-0.3, -0.25) is 0 Å². The molecule has 0 radical (unpaired) electrons.